The monoisotopic (exact) mass is 352 g/mol. The van der Waals surface area contributed by atoms with Gasteiger partial charge in [-0.05, 0) is 44.8 Å². The summed E-state index contributed by atoms with van der Waals surface area (Å²) in [5, 5.41) is 11.0. The van der Waals surface area contributed by atoms with Crippen LogP contribution in [0.1, 0.15) is 44.1 Å². The Morgan fingerprint density at radius 2 is 1.76 bits per heavy atom. The standard InChI is InChI=1S/C19H26F2N2O2/c20-16-8-5-7-15(17(16)21)13-23-12-6-9-19(25,18(23)24)14-22-10-3-1-2-4-11-22/h5,7-8,25H,1-4,6,9-14H2. The fourth-order valence-electron chi connectivity index (χ4n) is 3.90. The molecule has 3 rings (SSSR count). The summed E-state index contributed by atoms with van der Waals surface area (Å²) in [5.41, 5.74) is -1.28. The van der Waals surface area contributed by atoms with Crippen molar-refractivity contribution < 1.29 is 18.7 Å². The number of rotatable bonds is 4. The van der Waals surface area contributed by atoms with Crippen molar-refractivity contribution in [3.8, 4) is 0 Å². The number of likely N-dealkylation sites (tertiary alicyclic amines) is 2. The van der Waals surface area contributed by atoms with Gasteiger partial charge in [0.05, 0.1) is 0 Å². The number of halogens is 2. The number of aliphatic hydroxyl groups is 1. The van der Waals surface area contributed by atoms with E-state index in [1.54, 1.807) is 0 Å². The maximum atomic E-state index is 13.9. The summed E-state index contributed by atoms with van der Waals surface area (Å²) in [5.74, 6) is -2.20. The van der Waals surface area contributed by atoms with E-state index in [-0.39, 0.29) is 18.0 Å². The van der Waals surface area contributed by atoms with Crippen LogP contribution in [0.4, 0.5) is 8.78 Å². The summed E-state index contributed by atoms with van der Waals surface area (Å²) >= 11 is 0. The number of amides is 1. The zero-order valence-electron chi connectivity index (χ0n) is 14.5. The predicted octanol–water partition coefficient (Wildman–Crippen LogP) is 2.69. The van der Waals surface area contributed by atoms with Gasteiger partial charge in [0.25, 0.3) is 5.91 Å². The van der Waals surface area contributed by atoms with E-state index >= 15 is 0 Å². The van der Waals surface area contributed by atoms with Gasteiger partial charge in [0, 0.05) is 25.2 Å². The number of nitrogens with zero attached hydrogens (tertiary/aromatic N) is 2. The van der Waals surface area contributed by atoms with Crippen molar-refractivity contribution in [3.05, 3.63) is 35.4 Å². The van der Waals surface area contributed by atoms with Crippen LogP contribution in [-0.2, 0) is 11.3 Å². The summed E-state index contributed by atoms with van der Waals surface area (Å²) in [6.45, 7) is 2.57. The van der Waals surface area contributed by atoms with Crippen LogP contribution >= 0.6 is 0 Å². The maximum Gasteiger partial charge on any atom is 0.256 e. The highest BCUT2D eigenvalue weighted by atomic mass is 19.2. The second-order valence-corrected chi connectivity index (χ2v) is 7.27. The molecule has 2 saturated heterocycles. The normalized spacial score (nSPS) is 25.9. The molecule has 6 heteroatoms. The Labute approximate surface area is 147 Å². The zero-order chi connectivity index (χ0) is 17.9. The van der Waals surface area contributed by atoms with Gasteiger partial charge in [0.15, 0.2) is 17.2 Å². The van der Waals surface area contributed by atoms with Crippen LogP contribution in [0.15, 0.2) is 18.2 Å². The third-order valence-electron chi connectivity index (χ3n) is 5.28. The number of carbonyl (C=O) groups is 1. The minimum atomic E-state index is -1.42. The molecule has 1 amide bonds. The fraction of sp³-hybridized carbons (Fsp3) is 0.632. The van der Waals surface area contributed by atoms with Crippen molar-refractivity contribution in [1.82, 2.24) is 9.80 Å². The third kappa shape index (κ3) is 4.18. The molecule has 1 N–H and O–H groups in total. The molecule has 4 nitrogen and oxygen atoms in total. The van der Waals surface area contributed by atoms with Crippen LogP contribution in [0.2, 0.25) is 0 Å². The molecule has 0 aromatic heterocycles. The maximum absolute atomic E-state index is 13.9. The summed E-state index contributed by atoms with van der Waals surface area (Å²) in [6.07, 6.45) is 5.63. The average Bonchev–Trinajstić information content (AvgIpc) is 2.85. The van der Waals surface area contributed by atoms with Crippen molar-refractivity contribution in [3.63, 3.8) is 0 Å². The molecule has 138 valence electrons. The van der Waals surface area contributed by atoms with Gasteiger partial charge in [0.1, 0.15) is 0 Å². The van der Waals surface area contributed by atoms with Crippen LogP contribution < -0.4 is 0 Å². The van der Waals surface area contributed by atoms with Gasteiger partial charge in [-0.2, -0.15) is 0 Å². The first-order valence-corrected chi connectivity index (χ1v) is 9.17. The van der Waals surface area contributed by atoms with E-state index in [2.05, 4.69) is 4.90 Å². The largest absolute Gasteiger partial charge is 0.379 e. The second kappa shape index (κ2) is 7.79. The number of benzene rings is 1. The van der Waals surface area contributed by atoms with Crippen molar-refractivity contribution in [1.29, 1.82) is 0 Å². The first-order valence-electron chi connectivity index (χ1n) is 9.17. The van der Waals surface area contributed by atoms with E-state index in [0.717, 1.165) is 32.0 Å². The molecular formula is C19H26F2N2O2. The molecule has 2 heterocycles. The summed E-state index contributed by atoms with van der Waals surface area (Å²) < 4.78 is 27.3. The van der Waals surface area contributed by atoms with Gasteiger partial charge in [-0.1, -0.05) is 25.0 Å². The second-order valence-electron chi connectivity index (χ2n) is 7.27. The Hall–Kier alpha value is -1.53. The van der Waals surface area contributed by atoms with Gasteiger partial charge in [-0.3, -0.25) is 9.69 Å². The molecule has 1 atom stereocenters. The summed E-state index contributed by atoms with van der Waals surface area (Å²) in [6, 6.07) is 3.98. The number of piperidine rings is 1. The molecule has 0 spiro atoms. The van der Waals surface area contributed by atoms with Crippen LogP contribution in [0.3, 0.4) is 0 Å². The Morgan fingerprint density at radius 3 is 2.48 bits per heavy atom. The molecule has 25 heavy (non-hydrogen) atoms. The van der Waals surface area contributed by atoms with Crippen LogP contribution in [-0.4, -0.2) is 52.6 Å². The van der Waals surface area contributed by atoms with E-state index in [4.69, 9.17) is 0 Å². The molecular weight excluding hydrogens is 326 g/mol. The molecule has 2 fully saturated rings. The number of β-amino-alcohol motifs (C(OH)–C–C–N with tert-alkyl or cyclic N) is 1. The minimum absolute atomic E-state index is 0.00919. The van der Waals surface area contributed by atoms with E-state index in [0.29, 0.717) is 25.9 Å². The third-order valence-corrected chi connectivity index (χ3v) is 5.28. The molecule has 1 unspecified atom stereocenters. The molecule has 1 aromatic rings. The van der Waals surface area contributed by atoms with Crippen molar-refractivity contribution >= 4 is 5.91 Å². The Morgan fingerprint density at radius 1 is 1.04 bits per heavy atom. The van der Waals surface area contributed by atoms with Gasteiger partial charge < -0.3 is 10.0 Å². The molecule has 0 saturated carbocycles. The average molecular weight is 352 g/mol. The SMILES string of the molecule is O=C1N(Cc2cccc(F)c2F)CCCC1(O)CN1CCCCCC1. The van der Waals surface area contributed by atoms with E-state index in [9.17, 15) is 18.7 Å². The lowest BCUT2D eigenvalue weighted by Crippen LogP contribution is -2.58. The summed E-state index contributed by atoms with van der Waals surface area (Å²) in [7, 11) is 0. The number of carbonyl (C=O) groups excluding carboxylic acids is 1. The van der Waals surface area contributed by atoms with Crippen molar-refractivity contribution in [2.24, 2.45) is 0 Å². The van der Waals surface area contributed by atoms with Gasteiger partial charge in [-0.25, -0.2) is 8.78 Å². The van der Waals surface area contributed by atoms with E-state index in [1.165, 1.54) is 29.9 Å². The Balaban J connectivity index is 1.70. The van der Waals surface area contributed by atoms with Gasteiger partial charge >= 0.3 is 0 Å². The molecule has 0 aliphatic carbocycles. The lowest BCUT2D eigenvalue weighted by molar-refractivity contribution is -0.160. The smallest absolute Gasteiger partial charge is 0.256 e. The first kappa shape index (κ1) is 18.3. The topological polar surface area (TPSA) is 43.8 Å². The Kier molecular flexibility index (Phi) is 5.69. The molecule has 2 aliphatic heterocycles. The minimum Gasteiger partial charge on any atom is -0.379 e. The van der Waals surface area contributed by atoms with Crippen LogP contribution in [0.5, 0.6) is 0 Å². The van der Waals surface area contributed by atoms with Crippen LogP contribution in [0.25, 0.3) is 0 Å². The molecule has 2 aliphatic rings. The first-order chi connectivity index (χ1) is 12.0. The molecule has 0 radical (unpaired) electrons. The Bertz CT molecular complexity index is 617. The lowest BCUT2D eigenvalue weighted by atomic mass is 9.90. The van der Waals surface area contributed by atoms with Crippen molar-refractivity contribution in [2.45, 2.75) is 50.7 Å². The summed E-state index contributed by atoms with van der Waals surface area (Å²) in [4.78, 5) is 16.5. The highest BCUT2D eigenvalue weighted by Gasteiger charge is 2.43. The highest BCUT2D eigenvalue weighted by molar-refractivity contribution is 5.86. The fourth-order valence-corrected chi connectivity index (χ4v) is 3.90. The van der Waals surface area contributed by atoms with Gasteiger partial charge in [-0.15, -0.1) is 0 Å². The quantitative estimate of drug-likeness (QED) is 0.906. The zero-order valence-corrected chi connectivity index (χ0v) is 14.5. The van der Waals surface area contributed by atoms with E-state index < -0.39 is 17.2 Å². The number of hydrogen-bond donors (Lipinski definition) is 1. The van der Waals surface area contributed by atoms with Crippen LogP contribution in [0, 0.1) is 11.6 Å². The van der Waals surface area contributed by atoms with Gasteiger partial charge in [0.2, 0.25) is 0 Å². The lowest BCUT2D eigenvalue weighted by Gasteiger charge is -2.40. The predicted molar refractivity (Wildman–Crippen MR) is 90.9 cm³/mol. The number of hydrogen-bond acceptors (Lipinski definition) is 3. The highest BCUT2D eigenvalue weighted by Crippen LogP contribution is 2.27. The molecule has 1 aromatic carbocycles. The van der Waals surface area contributed by atoms with Crippen molar-refractivity contribution in [2.75, 3.05) is 26.2 Å². The van der Waals surface area contributed by atoms with E-state index in [1.807, 2.05) is 0 Å². The molecule has 0 bridgehead atoms.